The Labute approximate surface area is 178 Å². The number of rotatable bonds is 8. The summed E-state index contributed by atoms with van der Waals surface area (Å²) in [6.07, 6.45) is 3.38. The number of carbonyl (C=O) groups is 1. The van der Waals surface area contributed by atoms with Gasteiger partial charge in [-0.25, -0.2) is 0 Å². The van der Waals surface area contributed by atoms with Gasteiger partial charge in [-0.1, -0.05) is 29.4 Å². The Hall–Kier alpha value is -4.20. The van der Waals surface area contributed by atoms with Crippen LogP contribution in [-0.2, 0) is 11.3 Å². The van der Waals surface area contributed by atoms with Gasteiger partial charge in [0.25, 0.3) is 11.8 Å². The zero-order valence-corrected chi connectivity index (χ0v) is 16.8. The molecule has 0 aliphatic heterocycles. The van der Waals surface area contributed by atoms with Crippen LogP contribution < -0.4 is 14.8 Å². The first-order chi connectivity index (χ1) is 15.2. The smallest absolute Gasteiger partial charge is 0.258 e. The van der Waals surface area contributed by atoms with Gasteiger partial charge in [-0.3, -0.25) is 9.78 Å². The van der Waals surface area contributed by atoms with Crippen molar-refractivity contribution in [3.63, 3.8) is 0 Å². The molecule has 2 aromatic heterocycles. The van der Waals surface area contributed by atoms with Gasteiger partial charge in [0.05, 0.1) is 7.11 Å². The van der Waals surface area contributed by atoms with Crippen molar-refractivity contribution in [1.82, 2.24) is 20.4 Å². The molecule has 156 valence electrons. The normalized spacial score (nSPS) is 10.5. The molecule has 1 N–H and O–H groups in total. The van der Waals surface area contributed by atoms with Gasteiger partial charge in [-0.15, -0.1) is 0 Å². The lowest BCUT2D eigenvalue weighted by Crippen LogP contribution is -2.28. The van der Waals surface area contributed by atoms with Crippen LogP contribution in [-0.4, -0.2) is 34.7 Å². The molecular formula is C23H20N4O4. The lowest BCUT2D eigenvalue weighted by atomic mass is 10.2. The van der Waals surface area contributed by atoms with Crippen LogP contribution in [0.15, 0.2) is 77.6 Å². The van der Waals surface area contributed by atoms with E-state index in [2.05, 4.69) is 20.4 Å². The molecule has 0 unspecified atom stereocenters. The van der Waals surface area contributed by atoms with Crippen molar-refractivity contribution in [3.8, 4) is 34.3 Å². The number of benzene rings is 2. The maximum Gasteiger partial charge on any atom is 0.258 e. The van der Waals surface area contributed by atoms with E-state index in [1.54, 1.807) is 30.6 Å². The Balaban J connectivity index is 1.40. The summed E-state index contributed by atoms with van der Waals surface area (Å²) in [5.41, 5.74) is 2.45. The fourth-order valence-corrected chi connectivity index (χ4v) is 2.86. The van der Waals surface area contributed by atoms with Crippen LogP contribution in [0.3, 0.4) is 0 Å². The number of hydrogen-bond acceptors (Lipinski definition) is 7. The second kappa shape index (κ2) is 9.53. The van der Waals surface area contributed by atoms with Gasteiger partial charge >= 0.3 is 0 Å². The van der Waals surface area contributed by atoms with Gasteiger partial charge in [0.15, 0.2) is 18.1 Å². The average Bonchev–Trinajstić information content (AvgIpc) is 3.33. The van der Waals surface area contributed by atoms with Crippen LogP contribution in [0.4, 0.5) is 0 Å². The van der Waals surface area contributed by atoms with Crippen LogP contribution in [0.1, 0.15) is 5.56 Å². The molecule has 4 aromatic rings. The molecule has 4 rings (SSSR count). The molecule has 0 radical (unpaired) electrons. The number of pyridine rings is 1. The van der Waals surface area contributed by atoms with Crippen LogP contribution >= 0.6 is 0 Å². The van der Waals surface area contributed by atoms with E-state index in [0.717, 1.165) is 11.1 Å². The monoisotopic (exact) mass is 416 g/mol. The predicted octanol–water partition coefficient (Wildman–Crippen LogP) is 3.50. The number of methoxy groups -OCH3 is 1. The SMILES string of the molecule is COc1cc(-c2noc(-c3ccccc3)n2)ccc1OCC(=O)NCc1cccnc1. The highest BCUT2D eigenvalue weighted by atomic mass is 16.5. The highest BCUT2D eigenvalue weighted by Gasteiger charge is 2.14. The molecule has 8 nitrogen and oxygen atoms in total. The number of amides is 1. The Kier molecular flexibility index (Phi) is 6.18. The lowest BCUT2D eigenvalue weighted by molar-refractivity contribution is -0.123. The minimum absolute atomic E-state index is 0.143. The maximum absolute atomic E-state index is 12.1. The van der Waals surface area contributed by atoms with Crippen molar-refractivity contribution in [1.29, 1.82) is 0 Å². The van der Waals surface area contributed by atoms with Crippen molar-refractivity contribution in [3.05, 3.63) is 78.6 Å². The highest BCUT2D eigenvalue weighted by Crippen LogP contribution is 2.32. The van der Waals surface area contributed by atoms with Gasteiger partial charge < -0.3 is 19.3 Å². The van der Waals surface area contributed by atoms with Gasteiger partial charge in [0.2, 0.25) is 5.82 Å². The third-order valence-electron chi connectivity index (χ3n) is 4.44. The number of nitrogens with one attached hydrogen (secondary N) is 1. The number of hydrogen-bond donors (Lipinski definition) is 1. The fourth-order valence-electron chi connectivity index (χ4n) is 2.86. The summed E-state index contributed by atoms with van der Waals surface area (Å²) in [7, 11) is 1.53. The Bertz CT molecular complexity index is 1150. The molecule has 31 heavy (non-hydrogen) atoms. The van der Waals surface area contributed by atoms with Crippen molar-refractivity contribution in [2.45, 2.75) is 6.54 Å². The van der Waals surface area contributed by atoms with Crippen LogP contribution in [0.2, 0.25) is 0 Å². The Morgan fingerprint density at radius 2 is 1.90 bits per heavy atom. The summed E-state index contributed by atoms with van der Waals surface area (Å²) in [5, 5.41) is 6.83. The van der Waals surface area contributed by atoms with Crippen molar-refractivity contribution in [2.75, 3.05) is 13.7 Å². The summed E-state index contributed by atoms with van der Waals surface area (Å²) in [5.74, 6) is 1.51. The van der Waals surface area contributed by atoms with Crippen LogP contribution in [0.5, 0.6) is 11.5 Å². The highest BCUT2D eigenvalue weighted by molar-refractivity contribution is 5.77. The quantitative estimate of drug-likeness (QED) is 0.469. The summed E-state index contributed by atoms with van der Waals surface area (Å²) in [4.78, 5) is 20.5. The first-order valence-electron chi connectivity index (χ1n) is 9.59. The minimum atomic E-state index is -0.249. The van der Waals surface area contributed by atoms with Crippen molar-refractivity contribution < 1.29 is 18.8 Å². The van der Waals surface area contributed by atoms with Crippen LogP contribution in [0, 0.1) is 0 Å². The molecule has 0 bridgehead atoms. The molecular weight excluding hydrogens is 396 g/mol. The summed E-state index contributed by atoms with van der Waals surface area (Å²) in [6, 6.07) is 18.5. The maximum atomic E-state index is 12.1. The molecule has 0 aliphatic carbocycles. The predicted molar refractivity (Wildman–Crippen MR) is 113 cm³/mol. The molecule has 8 heteroatoms. The van der Waals surface area contributed by atoms with Gasteiger partial charge in [0, 0.05) is 30.1 Å². The zero-order chi connectivity index (χ0) is 21.5. The third-order valence-corrected chi connectivity index (χ3v) is 4.44. The number of carbonyl (C=O) groups excluding carboxylic acids is 1. The van der Waals surface area contributed by atoms with Gasteiger partial charge in [0.1, 0.15) is 0 Å². The largest absolute Gasteiger partial charge is 0.493 e. The molecule has 0 saturated heterocycles. The molecule has 2 heterocycles. The molecule has 0 atom stereocenters. The van der Waals surface area contributed by atoms with E-state index >= 15 is 0 Å². The molecule has 2 aromatic carbocycles. The molecule has 0 aliphatic rings. The van der Waals surface area contributed by atoms with Crippen molar-refractivity contribution in [2.24, 2.45) is 0 Å². The van der Waals surface area contributed by atoms with Gasteiger partial charge in [-0.2, -0.15) is 4.98 Å². The van der Waals surface area contributed by atoms with E-state index < -0.39 is 0 Å². The molecule has 1 amide bonds. The Morgan fingerprint density at radius 3 is 2.68 bits per heavy atom. The molecule has 0 fully saturated rings. The number of ether oxygens (including phenoxy) is 2. The van der Waals surface area contributed by atoms with Gasteiger partial charge in [-0.05, 0) is 42.0 Å². The van der Waals surface area contributed by atoms with Crippen molar-refractivity contribution >= 4 is 5.91 Å². The standard InChI is InChI=1S/C23H20N4O4/c1-29-20-12-18(22-26-23(31-27-22)17-7-3-2-4-8-17)9-10-19(20)30-15-21(28)25-14-16-6-5-11-24-13-16/h2-13H,14-15H2,1H3,(H,25,28). The van der Waals surface area contributed by atoms with E-state index in [4.69, 9.17) is 14.0 Å². The lowest BCUT2D eigenvalue weighted by Gasteiger charge is -2.11. The summed E-state index contributed by atoms with van der Waals surface area (Å²) < 4.78 is 16.4. The fraction of sp³-hybridized carbons (Fsp3) is 0.130. The second-order valence-electron chi connectivity index (χ2n) is 6.58. The number of aromatic nitrogens is 3. The van der Waals surface area contributed by atoms with E-state index in [0.29, 0.717) is 35.3 Å². The summed E-state index contributed by atoms with van der Waals surface area (Å²) in [6.45, 7) is 0.240. The molecule has 0 spiro atoms. The van der Waals surface area contributed by atoms with E-state index in [9.17, 15) is 4.79 Å². The second-order valence-corrected chi connectivity index (χ2v) is 6.58. The topological polar surface area (TPSA) is 99.4 Å². The summed E-state index contributed by atoms with van der Waals surface area (Å²) >= 11 is 0. The third kappa shape index (κ3) is 5.05. The van der Waals surface area contributed by atoms with Crippen LogP contribution in [0.25, 0.3) is 22.8 Å². The van der Waals surface area contributed by atoms with E-state index in [1.807, 2.05) is 42.5 Å². The minimum Gasteiger partial charge on any atom is -0.493 e. The average molecular weight is 416 g/mol. The zero-order valence-electron chi connectivity index (χ0n) is 16.8. The first-order valence-corrected chi connectivity index (χ1v) is 9.59. The van der Waals surface area contributed by atoms with E-state index in [-0.39, 0.29) is 12.5 Å². The molecule has 0 saturated carbocycles. The number of nitrogens with zero attached hydrogens (tertiary/aromatic N) is 3. The first kappa shape index (κ1) is 20.1. The van der Waals surface area contributed by atoms with E-state index in [1.165, 1.54) is 7.11 Å². The Morgan fingerprint density at radius 1 is 1.03 bits per heavy atom.